The number of ether oxygens (including phenoxy) is 16. The maximum atomic E-state index is 13.8. The molecular formula is C70H96O24. The van der Waals surface area contributed by atoms with E-state index in [0.717, 1.165) is 154 Å². The van der Waals surface area contributed by atoms with Crippen LogP contribution in [0.2, 0.25) is 0 Å². The molecule has 520 valence electrons. The number of carbonyl (C=O) groups excluding carboxylic acids is 8. The monoisotopic (exact) mass is 1320 g/mol. The zero-order valence-corrected chi connectivity index (χ0v) is 54.0. The average Bonchev–Trinajstić information content (AvgIpc) is 1.35. The zero-order chi connectivity index (χ0) is 64.1. The number of epoxide rings is 8. The molecule has 24 heteroatoms. The van der Waals surface area contributed by atoms with Gasteiger partial charge in [-0.1, -0.05) is 0 Å². The summed E-state index contributed by atoms with van der Waals surface area (Å²) in [7, 11) is 0. The van der Waals surface area contributed by atoms with E-state index in [1.165, 1.54) is 0 Å². The van der Waals surface area contributed by atoms with Gasteiger partial charge in [-0.25, -0.2) is 0 Å². The normalized spacial score (nSPS) is 41.7. The highest BCUT2D eigenvalue weighted by Crippen LogP contribution is 2.46. The van der Waals surface area contributed by atoms with Crippen molar-refractivity contribution < 1.29 is 114 Å². The van der Waals surface area contributed by atoms with Crippen LogP contribution in [-0.4, -0.2) is 198 Å². The van der Waals surface area contributed by atoms with Gasteiger partial charge in [0.25, 0.3) is 0 Å². The minimum absolute atomic E-state index is 0.0737. The summed E-state index contributed by atoms with van der Waals surface area (Å²) < 4.78 is 90.7. The molecule has 0 aromatic carbocycles. The SMILES string of the molecule is O=C(CC(C(=O)OCC1CCC2OC2C1)C(CC(=O)OCC1CCC2OC2C1)C(=O)OCC1CCC2OC2C1)OCC1CCC2OC2C1.O=C(OCC1CCC2OC2C1)C(C(=O)OCC1CCC2OC2C1)C(C(=O)OCC1CCC2OC2C1)C(=O)OCC1CCC2OC2C1. The zero-order valence-electron chi connectivity index (χ0n) is 54.0. The Morgan fingerprint density at radius 3 is 0.574 bits per heavy atom. The molecule has 8 aliphatic carbocycles. The van der Waals surface area contributed by atoms with E-state index < -0.39 is 71.4 Å². The summed E-state index contributed by atoms with van der Waals surface area (Å²) >= 11 is 0. The standard InChI is InChI=1S/C36H50O12.C34H46O12/c37-33(41-15-19-1-5-25-29(9-19)45-25)13-23(35(39)43-17-21-3-7-27-31(11-21)47-27)24(36(40)44-18-22-4-8-28-32(12-22)48-28)14-34(38)42-16-20-2-6-26-30(10-20)46-26;35-31(39-13-17-1-5-21-25(9-17)43-21)29(32(36)40-14-18-2-6-22-26(10-18)44-22)30(33(37)41-15-19-3-7-23-27(11-19)45-23)34(38)42-16-20-4-8-24-28(12-20)46-24/h19-32H,1-18H2;17-30H,1-16H2. The second-order valence-corrected chi connectivity index (χ2v) is 30.9. The van der Waals surface area contributed by atoms with Crippen LogP contribution in [0.4, 0.5) is 0 Å². The number of fused-ring (bicyclic) bond motifs is 8. The number of rotatable bonds is 28. The van der Waals surface area contributed by atoms with Crippen LogP contribution in [0.5, 0.6) is 0 Å². The molecule has 8 heterocycles. The Balaban J connectivity index is 0.000000155. The first-order valence-electron chi connectivity index (χ1n) is 36.3. The lowest BCUT2D eigenvalue weighted by molar-refractivity contribution is -0.181. The summed E-state index contributed by atoms with van der Waals surface area (Å²) in [5.74, 6) is -11.6. The molecule has 16 rings (SSSR count). The van der Waals surface area contributed by atoms with E-state index >= 15 is 0 Å². The van der Waals surface area contributed by atoms with Crippen LogP contribution >= 0.6 is 0 Å². The molecule has 94 heavy (non-hydrogen) atoms. The van der Waals surface area contributed by atoms with E-state index in [-0.39, 0.29) is 162 Å². The van der Waals surface area contributed by atoms with Gasteiger partial charge in [-0.2, -0.15) is 0 Å². The lowest BCUT2D eigenvalue weighted by atomic mass is 9.86. The van der Waals surface area contributed by atoms with E-state index in [1.807, 2.05) is 0 Å². The molecule has 0 radical (unpaired) electrons. The fourth-order valence-corrected chi connectivity index (χ4v) is 17.3. The van der Waals surface area contributed by atoms with Crippen molar-refractivity contribution in [2.24, 2.45) is 71.0 Å². The predicted octanol–water partition coefficient (Wildman–Crippen LogP) is 6.10. The van der Waals surface area contributed by atoms with E-state index in [4.69, 9.17) is 75.8 Å². The van der Waals surface area contributed by atoms with Gasteiger partial charge in [0, 0.05) is 0 Å². The van der Waals surface area contributed by atoms with Crippen molar-refractivity contribution in [2.45, 2.75) is 265 Å². The summed E-state index contributed by atoms with van der Waals surface area (Å²) in [6.07, 6.45) is 24.1. The lowest BCUT2D eigenvalue weighted by Crippen LogP contribution is -2.45. The maximum Gasteiger partial charge on any atom is 0.321 e. The van der Waals surface area contributed by atoms with Crippen molar-refractivity contribution in [2.75, 3.05) is 52.9 Å². The minimum atomic E-state index is -1.83. The van der Waals surface area contributed by atoms with Gasteiger partial charge < -0.3 is 75.8 Å². The molecule has 8 saturated heterocycles. The molecule has 24 nitrogen and oxygen atoms in total. The first-order chi connectivity index (χ1) is 45.7. The second-order valence-electron chi connectivity index (χ2n) is 30.9. The molecule has 0 N–H and O–H groups in total. The topological polar surface area (TPSA) is 311 Å². The van der Waals surface area contributed by atoms with Gasteiger partial charge >= 0.3 is 47.8 Å². The van der Waals surface area contributed by atoms with E-state index in [1.54, 1.807) is 0 Å². The first-order valence-corrected chi connectivity index (χ1v) is 36.3. The van der Waals surface area contributed by atoms with Gasteiger partial charge in [0.1, 0.15) is 0 Å². The van der Waals surface area contributed by atoms with Gasteiger partial charge in [0.15, 0.2) is 11.8 Å². The maximum absolute atomic E-state index is 13.8. The minimum Gasteiger partial charge on any atom is -0.465 e. The fraction of sp³-hybridized carbons (Fsp3) is 0.886. The van der Waals surface area contributed by atoms with Gasteiger partial charge in [0.05, 0.1) is 175 Å². The molecule has 0 aromatic heterocycles. The number of esters is 8. The molecule has 0 aromatic rings. The van der Waals surface area contributed by atoms with Crippen molar-refractivity contribution in [3.8, 4) is 0 Å². The third kappa shape index (κ3) is 17.1. The Morgan fingerprint density at radius 2 is 0.394 bits per heavy atom. The van der Waals surface area contributed by atoms with Gasteiger partial charge in [-0.15, -0.1) is 0 Å². The molecule has 0 bridgehead atoms. The summed E-state index contributed by atoms with van der Waals surface area (Å²) in [5, 5.41) is 0. The average molecular weight is 1320 g/mol. The van der Waals surface area contributed by atoms with Crippen LogP contribution in [0.1, 0.15) is 167 Å². The molecule has 16 fully saturated rings. The predicted molar refractivity (Wildman–Crippen MR) is 319 cm³/mol. The van der Waals surface area contributed by atoms with Gasteiger partial charge in [-0.05, 0) is 201 Å². The highest BCUT2D eigenvalue weighted by Gasteiger charge is 2.54. The van der Waals surface area contributed by atoms with Gasteiger partial charge in [0.2, 0.25) is 0 Å². The highest BCUT2D eigenvalue weighted by molar-refractivity contribution is 6.07. The van der Waals surface area contributed by atoms with E-state index in [0.29, 0.717) is 48.8 Å². The van der Waals surface area contributed by atoms with E-state index in [9.17, 15) is 38.4 Å². The fourth-order valence-electron chi connectivity index (χ4n) is 17.3. The third-order valence-electron chi connectivity index (χ3n) is 23.8. The van der Waals surface area contributed by atoms with E-state index in [2.05, 4.69) is 0 Å². The Bertz CT molecular complexity index is 2510. The molecule has 26 unspecified atom stereocenters. The third-order valence-corrected chi connectivity index (χ3v) is 23.8. The van der Waals surface area contributed by atoms with Crippen LogP contribution < -0.4 is 0 Å². The molecule has 16 aliphatic rings. The van der Waals surface area contributed by atoms with Crippen molar-refractivity contribution in [1.82, 2.24) is 0 Å². The quantitative estimate of drug-likeness (QED) is 0.0369. The van der Waals surface area contributed by atoms with Crippen LogP contribution in [0, 0.1) is 71.0 Å². The number of hydrogen-bond donors (Lipinski definition) is 0. The Labute approximate surface area is 548 Å². The lowest BCUT2D eigenvalue weighted by Gasteiger charge is -2.27. The number of carbonyl (C=O) groups is 8. The summed E-state index contributed by atoms with van der Waals surface area (Å²) in [4.78, 5) is 109. The molecule has 8 aliphatic heterocycles. The second kappa shape index (κ2) is 28.7. The largest absolute Gasteiger partial charge is 0.465 e. The van der Waals surface area contributed by atoms with Crippen LogP contribution in [-0.2, 0) is 114 Å². The van der Waals surface area contributed by atoms with Crippen molar-refractivity contribution in [3.05, 3.63) is 0 Å². The molecule has 0 amide bonds. The van der Waals surface area contributed by atoms with Crippen LogP contribution in [0.25, 0.3) is 0 Å². The molecule has 8 saturated carbocycles. The van der Waals surface area contributed by atoms with Crippen molar-refractivity contribution in [3.63, 3.8) is 0 Å². The molecule has 26 atom stereocenters. The summed E-state index contributed by atoms with van der Waals surface area (Å²) in [5.41, 5.74) is 0. The summed E-state index contributed by atoms with van der Waals surface area (Å²) in [6, 6.07) is 0. The van der Waals surface area contributed by atoms with Crippen molar-refractivity contribution in [1.29, 1.82) is 0 Å². The Kier molecular flexibility index (Phi) is 20.0. The molecular weight excluding hydrogens is 1220 g/mol. The van der Waals surface area contributed by atoms with Gasteiger partial charge in [-0.3, -0.25) is 38.4 Å². The smallest absolute Gasteiger partial charge is 0.321 e. The first kappa shape index (κ1) is 65.4. The van der Waals surface area contributed by atoms with Crippen LogP contribution in [0.3, 0.4) is 0 Å². The van der Waals surface area contributed by atoms with Crippen LogP contribution in [0.15, 0.2) is 0 Å². The summed E-state index contributed by atoms with van der Waals surface area (Å²) in [6.45, 7) is 1.10. The number of hydrogen-bond acceptors (Lipinski definition) is 24. The highest BCUT2D eigenvalue weighted by atomic mass is 16.6. The van der Waals surface area contributed by atoms with Crippen molar-refractivity contribution >= 4 is 47.8 Å². The Hall–Kier alpha value is -4.56. The molecule has 0 spiro atoms. The Morgan fingerprint density at radius 1 is 0.223 bits per heavy atom.